The van der Waals surface area contributed by atoms with Crippen LogP contribution in [0.2, 0.25) is 0 Å². The van der Waals surface area contributed by atoms with Crippen LogP contribution in [0.4, 0.5) is 0 Å². The highest BCUT2D eigenvalue weighted by Gasteiger charge is 2.04. The third-order valence-corrected chi connectivity index (χ3v) is 4.73. The van der Waals surface area contributed by atoms with Crippen LogP contribution in [-0.4, -0.2) is 26.0 Å². The molecule has 1 rings (SSSR count). The van der Waals surface area contributed by atoms with Crippen molar-refractivity contribution in [1.29, 1.82) is 0 Å². The molecule has 0 bridgehead atoms. The molecule has 0 heterocycles. The fourth-order valence-corrected chi connectivity index (χ4v) is 3.06. The summed E-state index contributed by atoms with van der Waals surface area (Å²) in [5.74, 6) is 0.900. The van der Waals surface area contributed by atoms with Gasteiger partial charge in [0.15, 0.2) is 0 Å². The van der Waals surface area contributed by atoms with Crippen molar-refractivity contribution in [3.63, 3.8) is 0 Å². The maximum absolute atomic E-state index is 5.71. The standard InChI is InChI=1S/C15H23O2P/c1-5-17-18(6-2)12-11-13(3)14-7-9-15(16-4)10-8-14/h7-11H,5-6,12H2,1-4H3. The molecule has 0 fully saturated rings. The zero-order chi connectivity index (χ0) is 13.4. The molecule has 0 aliphatic rings. The van der Waals surface area contributed by atoms with Crippen LogP contribution in [0.25, 0.3) is 5.57 Å². The summed E-state index contributed by atoms with van der Waals surface area (Å²) in [5, 5.41) is 0. The highest BCUT2D eigenvalue weighted by Crippen LogP contribution is 2.36. The van der Waals surface area contributed by atoms with Gasteiger partial charge in [-0.05, 0) is 43.3 Å². The molecule has 1 aromatic rings. The van der Waals surface area contributed by atoms with Crippen LogP contribution in [0.5, 0.6) is 5.75 Å². The Kier molecular flexibility index (Phi) is 7.00. The van der Waals surface area contributed by atoms with E-state index >= 15 is 0 Å². The van der Waals surface area contributed by atoms with Crippen LogP contribution in [0.3, 0.4) is 0 Å². The Morgan fingerprint density at radius 2 is 1.89 bits per heavy atom. The number of ether oxygens (including phenoxy) is 1. The fourth-order valence-electron chi connectivity index (χ4n) is 1.67. The number of hydrogen-bond donors (Lipinski definition) is 0. The van der Waals surface area contributed by atoms with E-state index in [9.17, 15) is 0 Å². The van der Waals surface area contributed by atoms with Gasteiger partial charge in [0, 0.05) is 20.9 Å². The van der Waals surface area contributed by atoms with E-state index in [4.69, 9.17) is 9.26 Å². The Hall–Kier alpha value is -0.850. The lowest BCUT2D eigenvalue weighted by Gasteiger charge is -2.13. The Morgan fingerprint density at radius 1 is 1.22 bits per heavy atom. The molecule has 0 amide bonds. The lowest BCUT2D eigenvalue weighted by Crippen LogP contribution is -1.91. The van der Waals surface area contributed by atoms with Crippen molar-refractivity contribution in [2.75, 3.05) is 26.0 Å². The minimum atomic E-state index is -0.292. The minimum absolute atomic E-state index is 0.292. The maximum atomic E-state index is 5.71. The average molecular weight is 266 g/mol. The summed E-state index contributed by atoms with van der Waals surface area (Å²) >= 11 is 0. The SMILES string of the molecule is CCOP(CC)CC=C(C)c1ccc(OC)cc1. The molecule has 0 saturated heterocycles. The van der Waals surface area contributed by atoms with Crippen LogP contribution in [0, 0.1) is 0 Å². The predicted octanol–water partition coefficient (Wildman–Crippen LogP) is 4.55. The van der Waals surface area contributed by atoms with Crippen molar-refractivity contribution < 1.29 is 9.26 Å². The number of hydrogen-bond acceptors (Lipinski definition) is 2. The largest absolute Gasteiger partial charge is 0.497 e. The van der Waals surface area contributed by atoms with Gasteiger partial charge in [-0.2, -0.15) is 0 Å². The monoisotopic (exact) mass is 266 g/mol. The molecule has 3 heteroatoms. The maximum Gasteiger partial charge on any atom is 0.118 e. The van der Waals surface area contributed by atoms with Crippen molar-refractivity contribution in [2.45, 2.75) is 20.8 Å². The van der Waals surface area contributed by atoms with Gasteiger partial charge in [-0.15, -0.1) is 0 Å². The van der Waals surface area contributed by atoms with Gasteiger partial charge in [0.1, 0.15) is 5.75 Å². The molecule has 0 spiro atoms. The van der Waals surface area contributed by atoms with Gasteiger partial charge in [-0.3, -0.25) is 0 Å². The van der Waals surface area contributed by atoms with Crippen LogP contribution in [-0.2, 0) is 4.52 Å². The second-order valence-corrected chi connectivity index (χ2v) is 6.23. The highest BCUT2D eigenvalue weighted by molar-refractivity contribution is 7.52. The van der Waals surface area contributed by atoms with Gasteiger partial charge in [-0.25, -0.2) is 0 Å². The number of benzene rings is 1. The van der Waals surface area contributed by atoms with E-state index in [0.717, 1.165) is 24.7 Å². The summed E-state index contributed by atoms with van der Waals surface area (Å²) in [6.45, 7) is 7.22. The first-order chi connectivity index (χ1) is 8.71. The summed E-state index contributed by atoms with van der Waals surface area (Å²) in [5.41, 5.74) is 2.55. The lowest BCUT2D eigenvalue weighted by atomic mass is 10.1. The minimum Gasteiger partial charge on any atom is -0.497 e. The first-order valence-corrected chi connectivity index (χ1v) is 8.03. The second kappa shape index (κ2) is 8.29. The quantitative estimate of drug-likeness (QED) is 0.674. The fraction of sp³-hybridized carbons (Fsp3) is 0.467. The topological polar surface area (TPSA) is 18.5 Å². The summed E-state index contributed by atoms with van der Waals surface area (Å²) in [6, 6.07) is 8.19. The van der Waals surface area contributed by atoms with Crippen molar-refractivity contribution in [3.05, 3.63) is 35.9 Å². The summed E-state index contributed by atoms with van der Waals surface area (Å²) < 4.78 is 10.9. The number of allylic oxidation sites excluding steroid dienone is 2. The van der Waals surface area contributed by atoms with E-state index < -0.39 is 0 Å². The van der Waals surface area contributed by atoms with Crippen LogP contribution < -0.4 is 4.74 Å². The summed E-state index contributed by atoms with van der Waals surface area (Å²) in [6.07, 6.45) is 4.44. The highest BCUT2D eigenvalue weighted by atomic mass is 31.1. The van der Waals surface area contributed by atoms with E-state index in [2.05, 4.69) is 39.0 Å². The van der Waals surface area contributed by atoms with E-state index in [1.54, 1.807) is 7.11 Å². The number of rotatable bonds is 7. The van der Waals surface area contributed by atoms with Gasteiger partial charge >= 0.3 is 0 Å². The zero-order valence-corrected chi connectivity index (χ0v) is 12.7. The lowest BCUT2D eigenvalue weighted by molar-refractivity contribution is 0.379. The molecule has 1 aromatic carbocycles. The van der Waals surface area contributed by atoms with Gasteiger partial charge in [-0.1, -0.05) is 25.1 Å². The Balaban J connectivity index is 2.63. The summed E-state index contributed by atoms with van der Waals surface area (Å²) in [7, 11) is 1.40. The third kappa shape index (κ3) is 4.80. The Morgan fingerprint density at radius 3 is 2.39 bits per heavy atom. The zero-order valence-electron chi connectivity index (χ0n) is 11.8. The molecule has 0 aromatic heterocycles. The van der Waals surface area contributed by atoms with E-state index in [1.165, 1.54) is 11.1 Å². The van der Waals surface area contributed by atoms with Gasteiger partial charge in [0.2, 0.25) is 0 Å². The van der Waals surface area contributed by atoms with Gasteiger partial charge < -0.3 is 9.26 Å². The third-order valence-electron chi connectivity index (χ3n) is 2.81. The van der Waals surface area contributed by atoms with Crippen LogP contribution >= 0.6 is 8.15 Å². The van der Waals surface area contributed by atoms with Crippen molar-refractivity contribution >= 4 is 13.7 Å². The smallest absolute Gasteiger partial charge is 0.118 e. The molecule has 1 atom stereocenters. The van der Waals surface area contributed by atoms with E-state index in [1.807, 2.05) is 12.1 Å². The molecule has 0 aliphatic carbocycles. The molecule has 100 valence electrons. The van der Waals surface area contributed by atoms with Gasteiger partial charge in [0.05, 0.1) is 7.11 Å². The predicted molar refractivity (Wildman–Crippen MR) is 80.6 cm³/mol. The second-order valence-electron chi connectivity index (χ2n) is 4.01. The molecule has 18 heavy (non-hydrogen) atoms. The van der Waals surface area contributed by atoms with Crippen molar-refractivity contribution in [1.82, 2.24) is 0 Å². The molecular formula is C15H23O2P. The Bertz CT molecular complexity index is 371. The molecule has 0 saturated carbocycles. The van der Waals surface area contributed by atoms with Crippen molar-refractivity contribution in [3.8, 4) is 5.75 Å². The molecule has 1 unspecified atom stereocenters. The van der Waals surface area contributed by atoms with E-state index in [-0.39, 0.29) is 8.15 Å². The van der Waals surface area contributed by atoms with Crippen molar-refractivity contribution in [2.24, 2.45) is 0 Å². The Labute approximate surface area is 112 Å². The van der Waals surface area contributed by atoms with Crippen LogP contribution in [0.1, 0.15) is 26.3 Å². The molecule has 0 aliphatic heterocycles. The molecule has 0 radical (unpaired) electrons. The molecular weight excluding hydrogens is 243 g/mol. The molecule has 2 nitrogen and oxygen atoms in total. The van der Waals surface area contributed by atoms with Gasteiger partial charge in [0.25, 0.3) is 0 Å². The average Bonchev–Trinajstić information content (AvgIpc) is 2.43. The van der Waals surface area contributed by atoms with E-state index in [0.29, 0.717) is 0 Å². The van der Waals surface area contributed by atoms with Crippen LogP contribution in [0.15, 0.2) is 30.3 Å². The molecule has 0 N–H and O–H groups in total. The normalized spacial score (nSPS) is 13.4. The first-order valence-electron chi connectivity index (χ1n) is 6.40. The first kappa shape index (κ1) is 15.2. The summed E-state index contributed by atoms with van der Waals surface area (Å²) in [4.78, 5) is 0. The number of methoxy groups -OCH3 is 1.